The fourth-order valence-electron chi connectivity index (χ4n) is 1.21. The standard InChI is InChI=1S/C11H18N2O4/c1-11(2,3)16-10(15)12-6-4-5-8-7-9(14)13-17-8/h7H,4-6H2,1-3H3,(H,12,15)(H,13,14). The van der Waals surface area contributed by atoms with Crippen molar-refractivity contribution in [1.29, 1.82) is 0 Å². The van der Waals surface area contributed by atoms with Gasteiger partial charge in [0.05, 0.1) is 0 Å². The summed E-state index contributed by atoms with van der Waals surface area (Å²) in [6.07, 6.45) is 0.835. The third-order valence-corrected chi connectivity index (χ3v) is 1.84. The number of carbonyl (C=O) groups is 1. The van der Waals surface area contributed by atoms with Crippen LogP contribution in [-0.4, -0.2) is 23.4 Å². The van der Waals surface area contributed by atoms with Crippen molar-refractivity contribution < 1.29 is 14.1 Å². The Kier molecular flexibility index (Phi) is 4.37. The van der Waals surface area contributed by atoms with E-state index in [1.165, 1.54) is 6.07 Å². The molecule has 0 aliphatic heterocycles. The van der Waals surface area contributed by atoms with Crippen molar-refractivity contribution >= 4 is 6.09 Å². The Labute approximate surface area is 99.3 Å². The molecule has 1 heterocycles. The number of ether oxygens (including phenoxy) is 1. The van der Waals surface area contributed by atoms with E-state index in [0.29, 0.717) is 25.1 Å². The number of hydrogen-bond acceptors (Lipinski definition) is 4. The van der Waals surface area contributed by atoms with Crippen LogP contribution in [0.2, 0.25) is 0 Å². The number of H-pyrrole nitrogens is 1. The molecule has 1 aromatic rings. The van der Waals surface area contributed by atoms with Gasteiger partial charge in [0.15, 0.2) is 0 Å². The largest absolute Gasteiger partial charge is 0.444 e. The summed E-state index contributed by atoms with van der Waals surface area (Å²) in [5, 5.41) is 4.83. The molecule has 0 radical (unpaired) electrons. The number of rotatable bonds is 4. The van der Waals surface area contributed by atoms with Crippen molar-refractivity contribution in [2.45, 2.75) is 39.2 Å². The molecule has 0 spiro atoms. The highest BCUT2D eigenvalue weighted by Gasteiger charge is 2.15. The average molecular weight is 242 g/mol. The van der Waals surface area contributed by atoms with Gasteiger partial charge in [-0.2, -0.15) is 5.16 Å². The molecule has 0 atom stereocenters. The maximum atomic E-state index is 11.3. The Morgan fingerprint density at radius 2 is 2.24 bits per heavy atom. The summed E-state index contributed by atoms with van der Waals surface area (Å²) in [7, 11) is 0. The molecule has 0 saturated heterocycles. The molecule has 96 valence electrons. The number of aromatic amines is 1. The molecule has 0 aromatic carbocycles. The molecule has 0 saturated carbocycles. The minimum Gasteiger partial charge on any atom is -0.444 e. The van der Waals surface area contributed by atoms with E-state index in [2.05, 4.69) is 10.5 Å². The molecule has 0 aliphatic carbocycles. The molecule has 0 fully saturated rings. The highest BCUT2D eigenvalue weighted by atomic mass is 16.6. The molecule has 17 heavy (non-hydrogen) atoms. The molecule has 1 rings (SSSR count). The number of carbonyl (C=O) groups excluding carboxylic acids is 1. The van der Waals surface area contributed by atoms with E-state index in [9.17, 15) is 9.59 Å². The van der Waals surface area contributed by atoms with Gasteiger partial charge in [-0.25, -0.2) is 4.79 Å². The molecule has 0 bridgehead atoms. The summed E-state index contributed by atoms with van der Waals surface area (Å²) in [6.45, 7) is 5.90. The molecule has 0 aliphatic rings. The first-order chi connectivity index (χ1) is 7.87. The maximum Gasteiger partial charge on any atom is 0.407 e. The van der Waals surface area contributed by atoms with Crippen LogP contribution in [0.25, 0.3) is 0 Å². The van der Waals surface area contributed by atoms with Crippen molar-refractivity contribution in [3.8, 4) is 0 Å². The molecule has 1 amide bonds. The number of amides is 1. The summed E-state index contributed by atoms with van der Waals surface area (Å²) < 4.78 is 9.93. The first kappa shape index (κ1) is 13.3. The van der Waals surface area contributed by atoms with Gasteiger partial charge in [0.1, 0.15) is 11.4 Å². The predicted octanol–water partition coefficient (Wildman–Crippen LogP) is 1.43. The van der Waals surface area contributed by atoms with Crippen LogP contribution in [0.3, 0.4) is 0 Å². The smallest absolute Gasteiger partial charge is 0.407 e. The zero-order chi connectivity index (χ0) is 12.9. The van der Waals surface area contributed by atoms with E-state index in [1.54, 1.807) is 20.8 Å². The lowest BCUT2D eigenvalue weighted by molar-refractivity contribution is 0.0527. The van der Waals surface area contributed by atoms with Crippen molar-refractivity contribution in [3.05, 3.63) is 22.2 Å². The number of aryl methyl sites for hydroxylation is 1. The molecule has 1 aromatic heterocycles. The van der Waals surface area contributed by atoms with Gasteiger partial charge in [-0.3, -0.25) is 4.79 Å². The summed E-state index contributed by atoms with van der Waals surface area (Å²) in [6, 6.07) is 1.40. The van der Waals surface area contributed by atoms with Gasteiger partial charge in [-0.15, -0.1) is 0 Å². The highest BCUT2D eigenvalue weighted by molar-refractivity contribution is 5.67. The second-order valence-electron chi connectivity index (χ2n) is 4.71. The number of nitrogens with one attached hydrogen (secondary N) is 2. The second-order valence-corrected chi connectivity index (χ2v) is 4.71. The zero-order valence-corrected chi connectivity index (χ0v) is 10.3. The quantitative estimate of drug-likeness (QED) is 0.782. The lowest BCUT2D eigenvalue weighted by atomic mass is 10.2. The van der Waals surface area contributed by atoms with Gasteiger partial charge in [-0.05, 0) is 27.2 Å². The van der Waals surface area contributed by atoms with Gasteiger partial charge in [-0.1, -0.05) is 0 Å². The second kappa shape index (κ2) is 5.56. The van der Waals surface area contributed by atoms with Crippen molar-refractivity contribution in [3.63, 3.8) is 0 Å². The van der Waals surface area contributed by atoms with Gasteiger partial charge in [0.25, 0.3) is 5.56 Å². The first-order valence-corrected chi connectivity index (χ1v) is 5.51. The van der Waals surface area contributed by atoms with Gasteiger partial charge >= 0.3 is 6.09 Å². The molecule has 0 unspecified atom stereocenters. The monoisotopic (exact) mass is 242 g/mol. The fraction of sp³-hybridized carbons (Fsp3) is 0.636. The molecule has 2 N–H and O–H groups in total. The van der Waals surface area contributed by atoms with Crippen LogP contribution >= 0.6 is 0 Å². The molecular formula is C11H18N2O4. The van der Waals surface area contributed by atoms with Crippen LogP contribution < -0.4 is 10.9 Å². The lowest BCUT2D eigenvalue weighted by Crippen LogP contribution is -2.33. The maximum absolute atomic E-state index is 11.3. The summed E-state index contributed by atoms with van der Waals surface area (Å²) in [4.78, 5) is 22.0. The Hall–Kier alpha value is -1.72. The van der Waals surface area contributed by atoms with Crippen LogP contribution in [0.15, 0.2) is 15.4 Å². The molecule has 6 nitrogen and oxygen atoms in total. The van der Waals surface area contributed by atoms with Crippen LogP contribution in [0.1, 0.15) is 33.0 Å². The molecular weight excluding hydrogens is 224 g/mol. The van der Waals surface area contributed by atoms with Crippen LogP contribution in [0.5, 0.6) is 0 Å². The van der Waals surface area contributed by atoms with Gasteiger partial charge < -0.3 is 14.6 Å². The van der Waals surface area contributed by atoms with Crippen molar-refractivity contribution in [2.75, 3.05) is 6.54 Å². The van der Waals surface area contributed by atoms with Crippen molar-refractivity contribution in [2.24, 2.45) is 0 Å². The van der Waals surface area contributed by atoms with E-state index in [0.717, 1.165) is 0 Å². The van der Waals surface area contributed by atoms with E-state index in [4.69, 9.17) is 9.26 Å². The first-order valence-electron chi connectivity index (χ1n) is 5.51. The Balaban J connectivity index is 2.16. The number of aromatic nitrogens is 1. The van der Waals surface area contributed by atoms with E-state index in [-0.39, 0.29) is 5.56 Å². The number of alkyl carbamates (subject to hydrolysis) is 1. The lowest BCUT2D eigenvalue weighted by Gasteiger charge is -2.19. The van der Waals surface area contributed by atoms with E-state index < -0.39 is 11.7 Å². The number of hydrogen-bond donors (Lipinski definition) is 2. The summed E-state index contributed by atoms with van der Waals surface area (Å²) >= 11 is 0. The Morgan fingerprint density at radius 3 is 2.76 bits per heavy atom. The Bertz CT molecular complexity index is 414. The van der Waals surface area contributed by atoms with Gasteiger partial charge in [0.2, 0.25) is 0 Å². The van der Waals surface area contributed by atoms with Crippen LogP contribution in [0.4, 0.5) is 4.79 Å². The van der Waals surface area contributed by atoms with E-state index >= 15 is 0 Å². The topological polar surface area (TPSA) is 84.3 Å². The fourth-order valence-corrected chi connectivity index (χ4v) is 1.21. The normalized spacial score (nSPS) is 11.2. The predicted molar refractivity (Wildman–Crippen MR) is 61.9 cm³/mol. The summed E-state index contributed by atoms with van der Waals surface area (Å²) in [5.74, 6) is 0.584. The van der Waals surface area contributed by atoms with E-state index in [1.807, 2.05) is 0 Å². The summed E-state index contributed by atoms with van der Waals surface area (Å²) in [5.41, 5.74) is -0.738. The SMILES string of the molecule is CC(C)(C)OC(=O)NCCCc1cc(=O)[nH]o1. The average Bonchev–Trinajstić information content (AvgIpc) is 2.56. The highest BCUT2D eigenvalue weighted by Crippen LogP contribution is 2.06. The van der Waals surface area contributed by atoms with Crippen LogP contribution in [-0.2, 0) is 11.2 Å². The van der Waals surface area contributed by atoms with Crippen LogP contribution in [0, 0.1) is 0 Å². The minimum atomic E-state index is -0.489. The van der Waals surface area contributed by atoms with Gasteiger partial charge in [0, 0.05) is 19.0 Å². The third-order valence-electron chi connectivity index (χ3n) is 1.84. The zero-order valence-electron chi connectivity index (χ0n) is 10.3. The minimum absolute atomic E-state index is 0.250. The Morgan fingerprint density at radius 1 is 1.53 bits per heavy atom. The molecule has 6 heteroatoms. The third kappa shape index (κ3) is 5.79. The van der Waals surface area contributed by atoms with Crippen molar-refractivity contribution in [1.82, 2.24) is 10.5 Å².